The summed E-state index contributed by atoms with van der Waals surface area (Å²) in [5, 5.41) is 3.10. The summed E-state index contributed by atoms with van der Waals surface area (Å²) in [5.74, 6) is 0.933. The Bertz CT molecular complexity index is 605. The van der Waals surface area contributed by atoms with E-state index in [4.69, 9.17) is 15.2 Å². The van der Waals surface area contributed by atoms with Gasteiger partial charge in [0.25, 0.3) is 0 Å². The van der Waals surface area contributed by atoms with Gasteiger partial charge in [-0.25, -0.2) is 4.39 Å². The van der Waals surface area contributed by atoms with Crippen LogP contribution in [0.15, 0.2) is 42.5 Å². The molecule has 0 radical (unpaired) electrons. The lowest BCUT2D eigenvalue weighted by molar-refractivity contribution is 0.407. The molecule has 0 spiro atoms. The Balaban J connectivity index is 2.31. The average molecular weight is 290 g/mol. The topological polar surface area (TPSA) is 56.5 Å². The molecular formula is C16H19FN2O2. The van der Waals surface area contributed by atoms with Crippen LogP contribution in [0.3, 0.4) is 0 Å². The molecule has 0 fully saturated rings. The lowest BCUT2D eigenvalue weighted by atomic mass is 10.1. The SMILES string of the molecule is COc1ccc(F)c(NC(CN)c2ccccc2OC)c1. The van der Waals surface area contributed by atoms with Crippen LogP contribution in [-0.4, -0.2) is 20.8 Å². The number of rotatable bonds is 6. The molecule has 1 atom stereocenters. The maximum atomic E-state index is 13.9. The summed E-state index contributed by atoms with van der Waals surface area (Å²) in [7, 11) is 3.14. The van der Waals surface area contributed by atoms with Gasteiger partial charge in [-0.15, -0.1) is 0 Å². The number of ether oxygens (including phenoxy) is 2. The zero-order valence-corrected chi connectivity index (χ0v) is 12.1. The van der Waals surface area contributed by atoms with Gasteiger partial charge in [0.2, 0.25) is 0 Å². The first-order valence-corrected chi connectivity index (χ1v) is 6.62. The maximum absolute atomic E-state index is 13.9. The van der Waals surface area contributed by atoms with Gasteiger partial charge in [0.15, 0.2) is 0 Å². The average Bonchev–Trinajstić information content (AvgIpc) is 2.54. The van der Waals surface area contributed by atoms with Crippen LogP contribution in [0.4, 0.5) is 10.1 Å². The molecule has 0 amide bonds. The molecule has 0 aliphatic rings. The van der Waals surface area contributed by atoms with Crippen LogP contribution < -0.4 is 20.5 Å². The summed E-state index contributed by atoms with van der Waals surface area (Å²) in [6.45, 7) is 0.303. The van der Waals surface area contributed by atoms with Crippen molar-refractivity contribution < 1.29 is 13.9 Å². The molecule has 2 rings (SSSR count). The van der Waals surface area contributed by atoms with Gasteiger partial charge < -0.3 is 20.5 Å². The second kappa shape index (κ2) is 6.95. The summed E-state index contributed by atoms with van der Waals surface area (Å²) in [4.78, 5) is 0. The minimum atomic E-state index is -0.357. The smallest absolute Gasteiger partial charge is 0.146 e. The Hall–Kier alpha value is -2.27. The first-order valence-electron chi connectivity index (χ1n) is 6.62. The Labute approximate surface area is 123 Å². The van der Waals surface area contributed by atoms with Crippen molar-refractivity contribution in [1.29, 1.82) is 0 Å². The van der Waals surface area contributed by atoms with Crippen molar-refractivity contribution in [2.75, 3.05) is 26.1 Å². The van der Waals surface area contributed by atoms with E-state index < -0.39 is 0 Å². The standard InChI is InChI=1S/C16H19FN2O2/c1-20-11-7-8-13(17)14(9-11)19-15(10-18)12-5-3-4-6-16(12)21-2/h3-9,15,19H,10,18H2,1-2H3. The van der Waals surface area contributed by atoms with Gasteiger partial charge in [-0.1, -0.05) is 18.2 Å². The summed E-state index contributed by atoms with van der Waals surface area (Å²) < 4.78 is 24.4. The van der Waals surface area contributed by atoms with Crippen LogP contribution in [-0.2, 0) is 0 Å². The number of nitrogens with two attached hydrogens (primary N) is 1. The van der Waals surface area contributed by atoms with Crippen LogP contribution in [0.2, 0.25) is 0 Å². The van der Waals surface area contributed by atoms with Crippen LogP contribution in [0.1, 0.15) is 11.6 Å². The number of nitrogens with one attached hydrogen (secondary N) is 1. The molecule has 0 bridgehead atoms. The molecule has 0 aromatic heterocycles. The van der Waals surface area contributed by atoms with Gasteiger partial charge in [0.1, 0.15) is 17.3 Å². The van der Waals surface area contributed by atoms with Crippen molar-refractivity contribution in [3.05, 3.63) is 53.8 Å². The molecule has 0 heterocycles. The van der Waals surface area contributed by atoms with E-state index in [1.54, 1.807) is 19.2 Å². The van der Waals surface area contributed by atoms with Gasteiger partial charge in [-0.3, -0.25) is 0 Å². The normalized spacial score (nSPS) is 11.8. The third-order valence-electron chi connectivity index (χ3n) is 3.25. The second-order valence-electron chi connectivity index (χ2n) is 4.52. The number of benzene rings is 2. The molecule has 1 unspecified atom stereocenters. The minimum Gasteiger partial charge on any atom is -0.497 e. The number of para-hydroxylation sites is 1. The van der Waals surface area contributed by atoms with E-state index in [2.05, 4.69) is 5.32 Å². The third-order valence-corrected chi connectivity index (χ3v) is 3.25. The predicted molar refractivity (Wildman–Crippen MR) is 81.4 cm³/mol. The largest absolute Gasteiger partial charge is 0.497 e. The highest BCUT2D eigenvalue weighted by Crippen LogP contribution is 2.29. The minimum absolute atomic E-state index is 0.261. The fourth-order valence-corrected chi connectivity index (χ4v) is 2.15. The van der Waals surface area contributed by atoms with Crippen LogP contribution in [0.5, 0.6) is 11.5 Å². The lowest BCUT2D eigenvalue weighted by Crippen LogP contribution is -2.21. The maximum Gasteiger partial charge on any atom is 0.146 e. The molecule has 21 heavy (non-hydrogen) atoms. The molecule has 2 aromatic rings. The van der Waals surface area contributed by atoms with E-state index in [1.807, 2.05) is 24.3 Å². The molecule has 2 aromatic carbocycles. The van der Waals surface area contributed by atoms with Crippen molar-refractivity contribution >= 4 is 5.69 Å². The third kappa shape index (κ3) is 3.44. The highest BCUT2D eigenvalue weighted by Gasteiger charge is 2.16. The molecule has 0 aliphatic carbocycles. The predicted octanol–water partition coefficient (Wildman–Crippen LogP) is 2.95. The highest BCUT2D eigenvalue weighted by atomic mass is 19.1. The number of methoxy groups -OCH3 is 2. The van der Waals surface area contributed by atoms with Crippen molar-refractivity contribution in [1.82, 2.24) is 0 Å². The number of halogens is 1. The van der Waals surface area contributed by atoms with Crippen molar-refractivity contribution in [3.8, 4) is 11.5 Å². The summed E-state index contributed by atoms with van der Waals surface area (Å²) in [5.41, 5.74) is 7.05. The quantitative estimate of drug-likeness (QED) is 0.859. The first-order chi connectivity index (χ1) is 10.2. The van der Waals surface area contributed by atoms with Crippen molar-refractivity contribution in [2.45, 2.75) is 6.04 Å². The van der Waals surface area contributed by atoms with E-state index in [0.717, 1.165) is 5.56 Å². The summed E-state index contributed by atoms with van der Waals surface area (Å²) >= 11 is 0. The molecule has 0 saturated heterocycles. The molecule has 5 heteroatoms. The second-order valence-corrected chi connectivity index (χ2v) is 4.52. The summed E-state index contributed by atoms with van der Waals surface area (Å²) in [6, 6.07) is 11.8. The molecule has 112 valence electrons. The van der Waals surface area contributed by atoms with E-state index >= 15 is 0 Å². The molecular weight excluding hydrogens is 271 g/mol. The van der Waals surface area contributed by atoms with E-state index in [0.29, 0.717) is 23.7 Å². The zero-order chi connectivity index (χ0) is 15.2. The van der Waals surface area contributed by atoms with Crippen LogP contribution in [0, 0.1) is 5.82 Å². The van der Waals surface area contributed by atoms with Crippen molar-refractivity contribution in [3.63, 3.8) is 0 Å². The van der Waals surface area contributed by atoms with Crippen LogP contribution >= 0.6 is 0 Å². The van der Waals surface area contributed by atoms with Gasteiger partial charge in [-0.2, -0.15) is 0 Å². The zero-order valence-electron chi connectivity index (χ0n) is 12.1. The van der Waals surface area contributed by atoms with Gasteiger partial charge in [0, 0.05) is 18.2 Å². The Kier molecular flexibility index (Phi) is 5.00. The molecule has 3 N–H and O–H groups in total. The number of hydrogen-bond acceptors (Lipinski definition) is 4. The van der Waals surface area contributed by atoms with E-state index in [9.17, 15) is 4.39 Å². The molecule has 4 nitrogen and oxygen atoms in total. The first kappa shape index (κ1) is 15.1. The van der Waals surface area contributed by atoms with Crippen molar-refractivity contribution in [2.24, 2.45) is 5.73 Å². The van der Waals surface area contributed by atoms with E-state index in [1.165, 1.54) is 13.2 Å². The number of hydrogen-bond donors (Lipinski definition) is 2. The van der Waals surface area contributed by atoms with Gasteiger partial charge >= 0.3 is 0 Å². The monoisotopic (exact) mass is 290 g/mol. The van der Waals surface area contributed by atoms with Crippen LogP contribution in [0.25, 0.3) is 0 Å². The fourth-order valence-electron chi connectivity index (χ4n) is 2.15. The Morgan fingerprint density at radius 1 is 1.14 bits per heavy atom. The Morgan fingerprint density at radius 3 is 2.57 bits per heavy atom. The molecule has 0 aliphatic heterocycles. The molecule has 0 saturated carbocycles. The fraction of sp³-hybridized carbons (Fsp3) is 0.250. The van der Waals surface area contributed by atoms with Gasteiger partial charge in [-0.05, 0) is 18.2 Å². The Morgan fingerprint density at radius 2 is 1.90 bits per heavy atom. The van der Waals surface area contributed by atoms with Gasteiger partial charge in [0.05, 0.1) is 25.9 Å². The lowest BCUT2D eigenvalue weighted by Gasteiger charge is -2.21. The highest BCUT2D eigenvalue weighted by molar-refractivity contribution is 5.52. The summed E-state index contributed by atoms with van der Waals surface area (Å²) in [6.07, 6.45) is 0. The van der Waals surface area contributed by atoms with E-state index in [-0.39, 0.29) is 11.9 Å². The number of anilines is 1.